The quantitative estimate of drug-likeness (QED) is 0.493. The highest BCUT2D eigenvalue weighted by Crippen LogP contribution is 2.56. The Labute approximate surface area is 223 Å². The third kappa shape index (κ3) is 3.57. The van der Waals surface area contributed by atoms with E-state index in [1.54, 1.807) is 18.3 Å². The molecule has 3 aromatic rings. The summed E-state index contributed by atoms with van der Waals surface area (Å²) in [6.07, 6.45) is 3.10. The predicted octanol–water partition coefficient (Wildman–Crippen LogP) is 4.36. The number of benzene rings is 1. The second-order valence-corrected chi connectivity index (χ2v) is 12.2. The molecule has 2 bridgehead atoms. The van der Waals surface area contributed by atoms with Gasteiger partial charge in [-0.25, -0.2) is 4.39 Å². The molecule has 2 aliphatic heterocycles. The summed E-state index contributed by atoms with van der Waals surface area (Å²) in [5.41, 5.74) is 3.54. The van der Waals surface area contributed by atoms with E-state index in [1.165, 1.54) is 16.2 Å². The van der Waals surface area contributed by atoms with Crippen LogP contribution in [0.1, 0.15) is 35.3 Å². The Balaban J connectivity index is 1.25. The van der Waals surface area contributed by atoms with Crippen LogP contribution in [0, 0.1) is 41.9 Å². The second kappa shape index (κ2) is 8.85. The maximum Gasteiger partial charge on any atom is 0.233 e. The number of nitriles is 1. The molecule has 4 aliphatic rings. The Morgan fingerprint density at radius 1 is 1.16 bits per heavy atom. The van der Waals surface area contributed by atoms with Gasteiger partial charge in [-0.3, -0.25) is 19.5 Å². The summed E-state index contributed by atoms with van der Waals surface area (Å²) in [6.45, 7) is 2.78. The van der Waals surface area contributed by atoms with Crippen LogP contribution in [-0.2, 0) is 16.1 Å². The molecule has 38 heavy (non-hydrogen) atoms. The van der Waals surface area contributed by atoms with Gasteiger partial charge in [0.1, 0.15) is 11.9 Å². The number of nitrogens with zero attached hydrogens (tertiary/aromatic N) is 3. The largest absolute Gasteiger partial charge is 0.485 e. The minimum absolute atomic E-state index is 0.0168. The molecule has 0 spiro atoms. The molecule has 2 aromatic heterocycles. The topological polar surface area (TPSA) is 95.3 Å². The highest BCUT2D eigenvalue weighted by molar-refractivity contribution is 7.19. The van der Waals surface area contributed by atoms with E-state index in [2.05, 4.69) is 16.4 Å². The number of rotatable bonds is 5. The Hall–Kier alpha value is -3.35. The molecule has 7 rings (SSSR count). The van der Waals surface area contributed by atoms with E-state index in [0.717, 1.165) is 45.5 Å². The summed E-state index contributed by atoms with van der Waals surface area (Å²) in [7, 11) is 0. The third-order valence-electron chi connectivity index (χ3n) is 8.85. The van der Waals surface area contributed by atoms with Crippen molar-refractivity contribution in [3.63, 3.8) is 0 Å². The monoisotopic (exact) mass is 530 g/mol. The van der Waals surface area contributed by atoms with E-state index in [4.69, 9.17) is 4.74 Å². The molecule has 2 aliphatic carbocycles. The molecule has 2 amide bonds. The fourth-order valence-corrected chi connectivity index (χ4v) is 8.27. The van der Waals surface area contributed by atoms with Crippen molar-refractivity contribution in [1.29, 1.82) is 5.26 Å². The van der Waals surface area contributed by atoms with Crippen LogP contribution in [0.5, 0.6) is 5.75 Å². The molecule has 4 fully saturated rings. The third-order valence-corrected chi connectivity index (χ3v) is 9.99. The summed E-state index contributed by atoms with van der Waals surface area (Å²) < 4.78 is 21.5. The van der Waals surface area contributed by atoms with Crippen molar-refractivity contribution < 1.29 is 18.7 Å². The number of fused-ring (bicyclic) bond motifs is 6. The lowest BCUT2D eigenvalue weighted by Crippen LogP contribution is -2.31. The highest BCUT2D eigenvalue weighted by Gasteiger charge is 2.60. The van der Waals surface area contributed by atoms with Crippen molar-refractivity contribution in [2.75, 3.05) is 13.1 Å². The first-order chi connectivity index (χ1) is 18.4. The van der Waals surface area contributed by atoms with Gasteiger partial charge < -0.3 is 10.1 Å². The molecular formula is C29H27FN4O3S. The van der Waals surface area contributed by atoms with Crippen molar-refractivity contribution >= 4 is 33.4 Å². The number of amides is 2. The van der Waals surface area contributed by atoms with Crippen LogP contribution >= 0.6 is 11.3 Å². The molecule has 7 nitrogen and oxygen atoms in total. The molecule has 4 heterocycles. The van der Waals surface area contributed by atoms with E-state index in [1.807, 2.05) is 19.1 Å². The zero-order chi connectivity index (χ0) is 26.1. The average Bonchev–Trinajstić information content (AvgIpc) is 3.73. The lowest BCUT2D eigenvalue weighted by Gasteiger charge is -2.20. The fraction of sp³-hybridized carbons (Fsp3) is 0.448. The van der Waals surface area contributed by atoms with Gasteiger partial charge in [0.2, 0.25) is 11.8 Å². The van der Waals surface area contributed by atoms with Crippen molar-refractivity contribution in [1.82, 2.24) is 15.2 Å². The Kier molecular flexibility index (Phi) is 5.53. The zero-order valence-electron chi connectivity index (χ0n) is 20.9. The number of halogens is 1. The minimum Gasteiger partial charge on any atom is -0.485 e. The first kappa shape index (κ1) is 23.7. The first-order valence-corrected chi connectivity index (χ1v) is 14.0. The van der Waals surface area contributed by atoms with Gasteiger partial charge in [0.05, 0.1) is 40.2 Å². The second-order valence-electron chi connectivity index (χ2n) is 11.0. The molecule has 1 N–H and O–H groups in total. The summed E-state index contributed by atoms with van der Waals surface area (Å²) in [6, 6.07) is 9.55. The number of thiophene rings is 1. The molecule has 2 saturated carbocycles. The molecule has 6 atom stereocenters. The summed E-state index contributed by atoms with van der Waals surface area (Å²) in [5, 5.41) is 12.7. The van der Waals surface area contributed by atoms with Crippen LogP contribution in [0.25, 0.3) is 21.3 Å². The van der Waals surface area contributed by atoms with Gasteiger partial charge in [-0.2, -0.15) is 5.26 Å². The maximum atomic E-state index is 14.4. The smallest absolute Gasteiger partial charge is 0.233 e. The molecule has 4 unspecified atom stereocenters. The van der Waals surface area contributed by atoms with Gasteiger partial charge >= 0.3 is 0 Å². The number of pyridine rings is 1. The Morgan fingerprint density at radius 2 is 1.92 bits per heavy atom. The molecule has 1 aromatic carbocycles. The van der Waals surface area contributed by atoms with Crippen LogP contribution in [0.4, 0.5) is 4.39 Å². The van der Waals surface area contributed by atoms with Gasteiger partial charge in [-0.05, 0) is 67.9 Å². The van der Waals surface area contributed by atoms with Gasteiger partial charge in [0, 0.05) is 35.3 Å². The molecular weight excluding hydrogens is 503 g/mol. The number of hydrogen-bond acceptors (Lipinski definition) is 7. The van der Waals surface area contributed by atoms with Gasteiger partial charge in [-0.1, -0.05) is 0 Å². The number of carbonyl (C=O) groups is 2. The van der Waals surface area contributed by atoms with E-state index in [-0.39, 0.29) is 36.7 Å². The van der Waals surface area contributed by atoms with E-state index < -0.39 is 12.3 Å². The van der Waals surface area contributed by atoms with E-state index in [0.29, 0.717) is 35.3 Å². The number of likely N-dealkylation sites (tertiary alicyclic amines) is 1. The van der Waals surface area contributed by atoms with E-state index in [9.17, 15) is 19.2 Å². The lowest BCUT2D eigenvalue weighted by atomic mass is 9.81. The van der Waals surface area contributed by atoms with Gasteiger partial charge in [0.15, 0.2) is 6.17 Å². The maximum absolute atomic E-state index is 14.4. The molecule has 194 valence electrons. The normalized spacial score (nSPS) is 29.9. The standard InChI is InChI=1S/C29H27FN4O3S/c1-14-6-15(10-31)7-20(26(14)37-23-12-32-11-21(23)30)19-4-5-33-22-9-18(38-27(19)22)13-34-28(35)24-16-2-3-17(8-16)25(24)29(34)36/h4-7,9,16-17,21,23-25,32H,2-3,8,11-13H2,1H3/t16?,17?,21-,23+,24?,25?/m0/s1. The van der Waals surface area contributed by atoms with Crippen molar-refractivity contribution in [2.24, 2.45) is 23.7 Å². The summed E-state index contributed by atoms with van der Waals surface area (Å²) in [4.78, 5) is 33.4. The minimum atomic E-state index is -1.12. The first-order valence-electron chi connectivity index (χ1n) is 13.2. The van der Waals surface area contributed by atoms with Crippen LogP contribution < -0.4 is 10.1 Å². The number of alkyl halides is 1. The number of carbonyl (C=O) groups excluding carboxylic acids is 2. The van der Waals surface area contributed by atoms with Crippen LogP contribution in [0.2, 0.25) is 0 Å². The average molecular weight is 531 g/mol. The molecule has 0 radical (unpaired) electrons. The number of imide groups is 1. The predicted molar refractivity (Wildman–Crippen MR) is 140 cm³/mol. The number of nitrogens with one attached hydrogen (secondary N) is 1. The highest BCUT2D eigenvalue weighted by atomic mass is 32.1. The van der Waals surface area contributed by atoms with Crippen LogP contribution in [0.15, 0.2) is 30.5 Å². The summed E-state index contributed by atoms with van der Waals surface area (Å²) in [5.74, 6) is 0.963. The van der Waals surface area contributed by atoms with Crippen molar-refractivity contribution in [3.05, 3.63) is 46.5 Å². The van der Waals surface area contributed by atoms with Gasteiger partial charge in [-0.15, -0.1) is 11.3 Å². The van der Waals surface area contributed by atoms with E-state index >= 15 is 0 Å². The molecule has 2 saturated heterocycles. The Bertz CT molecular complexity index is 1500. The summed E-state index contributed by atoms with van der Waals surface area (Å²) >= 11 is 1.49. The van der Waals surface area contributed by atoms with Crippen LogP contribution in [0.3, 0.4) is 0 Å². The fourth-order valence-electron chi connectivity index (χ4n) is 7.14. The number of hydrogen-bond donors (Lipinski definition) is 1. The number of ether oxygens (including phenoxy) is 1. The van der Waals surface area contributed by atoms with Crippen molar-refractivity contribution in [3.8, 4) is 22.9 Å². The SMILES string of the molecule is Cc1cc(C#N)cc(-c2ccnc3cc(CN4C(=O)C5C6CCC(C6)C5C4=O)sc23)c1O[C@@H]1CNC[C@@H]1F. The van der Waals surface area contributed by atoms with Gasteiger partial charge in [0.25, 0.3) is 0 Å². The van der Waals surface area contributed by atoms with Crippen LogP contribution in [-0.4, -0.2) is 47.1 Å². The lowest BCUT2D eigenvalue weighted by molar-refractivity contribution is -0.141. The number of aryl methyl sites for hydroxylation is 1. The van der Waals surface area contributed by atoms with Crippen molar-refractivity contribution in [2.45, 2.75) is 45.0 Å². The number of aromatic nitrogens is 1. The Morgan fingerprint density at radius 3 is 2.61 bits per heavy atom. The molecule has 9 heteroatoms. The zero-order valence-corrected chi connectivity index (χ0v) is 21.8.